The van der Waals surface area contributed by atoms with Crippen molar-refractivity contribution in [1.29, 1.82) is 0 Å². The van der Waals surface area contributed by atoms with Crippen LogP contribution in [0.2, 0.25) is 0 Å². The summed E-state index contributed by atoms with van der Waals surface area (Å²) in [5.41, 5.74) is 11.0. The van der Waals surface area contributed by atoms with Crippen molar-refractivity contribution in [2.45, 2.75) is 6.04 Å². The van der Waals surface area contributed by atoms with E-state index in [0.717, 1.165) is 15.6 Å². The van der Waals surface area contributed by atoms with Gasteiger partial charge in [-0.05, 0) is 18.2 Å². The Morgan fingerprint density at radius 2 is 1.95 bits per heavy atom. The number of anilines is 1. The molecular weight excluding hydrogens is 332 g/mol. The fourth-order valence-electron chi connectivity index (χ4n) is 2.20. The van der Waals surface area contributed by atoms with E-state index >= 15 is 0 Å². The largest absolute Gasteiger partial charge is 0.398 e. The van der Waals surface area contributed by atoms with Crippen molar-refractivity contribution in [3.05, 3.63) is 64.1 Å². The summed E-state index contributed by atoms with van der Waals surface area (Å²) in [5, 5.41) is 1.91. The first-order valence-corrected chi connectivity index (χ1v) is 7.33. The molecule has 21 heavy (non-hydrogen) atoms. The first kappa shape index (κ1) is 15.5. The SMILES string of the molecule is NNC(=O)C[NH2+][C@H](c1ccccc1)c1cc(Br)ccc1N. The minimum absolute atomic E-state index is 0.0685. The van der Waals surface area contributed by atoms with Crippen molar-refractivity contribution < 1.29 is 10.1 Å². The number of halogens is 1. The van der Waals surface area contributed by atoms with E-state index in [1.54, 1.807) is 0 Å². The van der Waals surface area contributed by atoms with Crippen LogP contribution in [0.15, 0.2) is 53.0 Å². The number of hydrogen-bond acceptors (Lipinski definition) is 3. The fourth-order valence-corrected chi connectivity index (χ4v) is 2.58. The van der Waals surface area contributed by atoms with Crippen LogP contribution in [0.4, 0.5) is 5.69 Å². The van der Waals surface area contributed by atoms with Crippen LogP contribution in [-0.2, 0) is 4.79 Å². The van der Waals surface area contributed by atoms with Crippen LogP contribution in [0.5, 0.6) is 0 Å². The van der Waals surface area contributed by atoms with Gasteiger partial charge >= 0.3 is 0 Å². The lowest BCUT2D eigenvalue weighted by atomic mass is 9.97. The zero-order chi connectivity index (χ0) is 15.2. The van der Waals surface area contributed by atoms with E-state index in [2.05, 4.69) is 21.4 Å². The van der Waals surface area contributed by atoms with Crippen LogP contribution in [0, 0.1) is 0 Å². The number of hydrogen-bond donors (Lipinski definition) is 4. The maximum Gasteiger partial charge on any atom is 0.288 e. The Kier molecular flexibility index (Phi) is 5.32. The molecule has 0 saturated heterocycles. The van der Waals surface area contributed by atoms with Crippen molar-refractivity contribution in [1.82, 2.24) is 5.43 Å². The number of nitrogen functional groups attached to an aromatic ring is 1. The summed E-state index contributed by atoms with van der Waals surface area (Å²) in [4.78, 5) is 11.4. The Morgan fingerprint density at radius 3 is 2.62 bits per heavy atom. The molecule has 2 aromatic rings. The van der Waals surface area contributed by atoms with E-state index in [1.807, 2.05) is 53.8 Å². The third kappa shape index (κ3) is 4.04. The summed E-state index contributed by atoms with van der Waals surface area (Å²) in [7, 11) is 0. The average Bonchev–Trinajstić information content (AvgIpc) is 2.51. The maximum absolute atomic E-state index is 11.4. The van der Waals surface area contributed by atoms with Gasteiger partial charge in [-0.15, -0.1) is 0 Å². The summed E-state index contributed by atoms with van der Waals surface area (Å²) in [6.45, 7) is 0.224. The molecule has 0 heterocycles. The van der Waals surface area contributed by atoms with Gasteiger partial charge < -0.3 is 11.1 Å². The highest BCUT2D eigenvalue weighted by atomic mass is 79.9. The van der Waals surface area contributed by atoms with Crippen LogP contribution in [-0.4, -0.2) is 12.5 Å². The molecule has 0 aromatic heterocycles. The summed E-state index contributed by atoms with van der Waals surface area (Å²) < 4.78 is 0.948. The molecule has 0 unspecified atom stereocenters. The molecular formula is C15H18BrN4O+. The number of rotatable bonds is 5. The molecule has 0 aliphatic rings. The smallest absolute Gasteiger partial charge is 0.288 e. The predicted octanol–water partition coefficient (Wildman–Crippen LogP) is 0.674. The number of amides is 1. The van der Waals surface area contributed by atoms with Crippen LogP contribution >= 0.6 is 15.9 Å². The Morgan fingerprint density at radius 1 is 1.24 bits per heavy atom. The number of hydrazine groups is 1. The minimum Gasteiger partial charge on any atom is -0.398 e. The lowest BCUT2D eigenvalue weighted by molar-refractivity contribution is -0.676. The van der Waals surface area contributed by atoms with E-state index < -0.39 is 0 Å². The van der Waals surface area contributed by atoms with E-state index in [9.17, 15) is 4.79 Å². The van der Waals surface area contributed by atoms with Crippen LogP contribution in [0.3, 0.4) is 0 Å². The molecule has 0 aliphatic heterocycles. The number of benzene rings is 2. The molecule has 0 aliphatic carbocycles. The fraction of sp³-hybridized carbons (Fsp3) is 0.133. The normalized spacial score (nSPS) is 11.9. The number of carbonyl (C=O) groups is 1. The Hall–Kier alpha value is -1.89. The molecule has 2 aromatic carbocycles. The number of nitrogens with two attached hydrogens (primary N) is 3. The van der Waals surface area contributed by atoms with Crippen molar-refractivity contribution in [2.75, 3.05) is 12.3 Å². The summed E-state index contributed by atoms with van der Waals surface area (Å²) >= 11 is 3.46. The van der Waals surface area contributed by atoms with Gasteiger partial charge in [0.15, 0.2) is 6.54 Å². The predicted molar refractivity (Wildman–Crippen MR) is 86.0 cm³/mol. The van der Waals surface area contributed by atoms with E-state index in [4.69, 9.17) is 11.6 Å². The monoisotopic (exact) mass is 349 g/mol. The molecule has 2 rings (SSSR count). The van der Waals surface area contributed by atoms with Crippen molar-refractivity contribution in [3.8, 4) is 0 Å². The maximum atomic E-state index is 11.4. The number of nitrogens with one attached hydrogen (secondary N) is 1. The second-order valence-electron chi connectivity index (χ2n) is 4.67. The highest BCUT2D eigenvalue weighted by molar-refractivity contribution is 9.10. The molecule has 0 spiro atoms. The average molecular weight is 350 g/mol. The van der Waals surface area contributed by atoms with Gasteiger partial charge in [0.25, 0.3) is 5.91 Å². The van der Waals surface area contributed by atoms with Gasteiger partial charge in [-0.1, -0.05) is 46.3 Å². The summed E-state index contributed by atoms with van der Waals surface area (Å²) in [5.74, 6) is 4.91. The standard InChI is InChI=1S/C15H17BrN4O/c16-11-6-7-13(17)12(8-11)15(19-9-14(21)20-18)10-4-2-1-3-5-10/h1-8,15,19H,9,17-18H2,(H,20,21)/p+1/t15-/m1/s1. The third-order valence-corrected chi connectivity index (χ3v) is 3.74. The molecule has 6 heteroatoms. The van der Waals surface area contributed by atoms with Gasteiger partial charge in [0.05, 0.1) is 0 Å². The second-order valence-corrected chi connectivity index (χ2v) is 5.58. The molecule has 7 N–H and O–H groups in total. The zero-order valence-electron chi connectivity index (χ0n) is 11.4. The lowest BCUT2D eigenvalue weighted by Gasteiger charge is -2.18. The number of carbonyl (C=O) groups excluding carboxylic acids is 1. The molecule has 0 fully saturated rings. The third-order valence-electron chi connectivity index (χ3n) is 3.24. The van der Waals surface area contributed by atoms with Crippen LogP contribution < -0.4 is 22.3 Å². The quantitative estimate of drug-likeness (QED) is 0.276. The molecule has 110 valence electrons. The van der Waals surface area contributed by atoms with Gasteiger partial charge in [-0.2, -0.15) is 0 Å². The molecule has 1 atom stereocenters. The van der Waals surface area contributed by atoms with Gasteiger partial charge in [0, 0.05) is 21.3 Å². The van der Waals surface area contributed by atoms with Crippen molar-refractivity contribution in [2.24, 2.45) is 5.84 Å². The zero-order valence-corrected chi connectivity index (χ0v) is 13.0. The summed E-state index contributed by atoms with van der Waals surface area (Å²) in [6.07, 6.45) is 0. The van der Waals surface area contributed by atoms with Crippen LogP contribution in [0.1, 0.15) is 17.2 Å². The Bertz CT molecular complexity index is 618. The minimum atomic E-state index is -0.232. The molecule has 5 nitrogen and oxygen atoms in total. The van der Waals surface area contributed by atoms with Crippen molar-refractivity contribution in [3.63, 3.8) is 0 Å². The highest BCUT2D eigenvalue weighted by Gasteiger charge is 2.21. The van der Waals surface area contributed by atoms with Crippen molar-refractivity contribution >= 4 is 27.5 Å². The van der Waals surface area contributed by atoms with E-state index in [-0.39, 0.29) is 18.5 Å². The van der Waals surface area contributed by atoms with Gasteiger partial charge in [0.2, 0.25) is 0 Å². The summed E-state index contributed by atoms with van der Waals surface area (Å²) in [6, 6.07) is 15.6. The van der Waals surface area contributed by atoms with Crippen LogP contribution in [0.25, 0.3) is 0 Å². The lowest BCUT2D eigenvalue weighted by Crippen LogP contribution is -2.88. The first-order chi connectivity index (χ1) is 10.1. The van der Waals surface area contributed by atoms with E-state index in [1.165, 1.54) is 0 Å². The van der Waals surface area contributed by atoms with Gasteiger partial charge in [-0.25, -0.2) is 5.84 Å². The van der Waals surface area contributed by atoms with E-state index in [0.29, 0.717) is 5.69 Å². The molecule has 1 amide bonds. The molecule has 0 radical (unpaired) electrons. The first-order valence-electron chi connectivity index (χ1n) is 6.54. The van der Waals surface area contributed by atoms with Gasteiger partial charge in [-0.3, -0.25) is 10.2 Å². The Balaban J connectivity index is 2.35. The topological polar surface area (TPSA) is 97.7 Å². The van der Waals surface area contributed by atoms with Gasteiger partial charge in [0.1, 0.15) is 6.04 Å². The molecule has 0 bridgehead atoms. The second kappa shape index (κ2) is 7.21. The number of quaternary nitrogens is 1. The Labute approximate surface area is 131 Å². The molecule has 0 saturated carbocycles. The highest BCUT2D eigenvalue weighted by Crippen LogP contribution is 2.26.